The molecular formula is C24H32N6O3. The van der Waals surface area contributed by atoms with Crippen molar-refractivity contribution in [3.8, 4) is 0 Å². The molecule has 0 saturated carbocycles. The molecule has 2 fully saturated rings. The van der Waals surface area contributed by atoms with Gasteiger partial charge in [-0.2, -0.15) is 0 Å². The van der Waals surface area contributed by atoms with Crippen LogP contribution in [-0.4, -0.2) is 79.0 Å². The highest BCUT2D eigenvalue weighted by atomic mass is 16.2. The highest BCUT2D eigenvalue weighted by molar-refractivity contribution is 6.07. The Morgan fingerprint density at radius 3 is 2.27 bits per heavy atom. The number of amides is 2. The fraction of sp³-hybridized carbons (Fsp3) is 0.458. The molecular weight excluding hydrogens is 420 g/mol. The summed E-state index contributed by atoms with van der Waals surface area (Å²) in [6.45, 7) is 6.90. The lowest BCUT2D eigenvalue weighted by Gasteiger charge is -2.34. The van der Waals surface area contributed by atoms with Crippen LogP contribution in [0.15, 0.2) is 41.3 Å². The molecule has 0 atom stereocenters. The van der Waals surface area contributed by atoms with Gasteiger partial charge in [0.25, 0.3) is 11.5 Å². The molecule has 9 nitrogen and oxygen atoms in total. The average Bonchev–Trinajstić information content (AvgIpc) is 2.80. The van der Waals surface area contributed by atoms with Crippen LogP contribution in [0.2, 0.25) is 0 Å². The topological polar surface area (TPSA) is 101 Å². The minimum absolute atomic E-state index is 0.0645. The average molecular weight is 453 g/mol. The SMILES string of the molecule is CC(=O)N1CCC(Nc2cc[nH]c(=O)c2C(=O)Nc2ccc(N3CCN(C)CC3)cc2)CC1. The molecule has 2 aromatic rings. The van der Waals surface area contributed by atoms with Crippen LogP contribution in [0.1, 0.15) is 30.1 Å². The molecule has 176 valence electrons. The molecule has 4 rings (SSSR count). The lowest BCUT2D eigenvalue weighted by atomic mass is 10.0. The molecule has 2 saturated heterocycles. The molecule has 0 radical (unpaired) electrons. The standard InChI is InChI=1S/C24H32N6O3/c1-17(31)29-11-8-19(9-12-29)26-21-7-10-25-23(32)22(21)24(33)27-18-3-5-20(6-4-18)30-15-13-28(2)14-16-30/h3-7,10,19H,8-9,11-16H2,1-2H3,(H,27,33)(H2,25,26,32). The molecule has 1 aromatic carbocycles. The lowest BCUT2D eigenvalue weighted by Crippen LogP contribution is -2.44. The van der Waals surface area contributed by atoms with E-state index in [9.17, 15) is 14.4 Å². The van der Waals surface area contributed by atoms with Crippen LogP contribution in [0, 0.1) is 0 Å². The van der Waals surface area contributed by atoms with Gasteiger partial charge in [-0.3, -0.25) is 14.4 Å². The number of nitrogens with zero attached hydrogens (tertiary/aromatic N) is 3. The number of H-pyrrole nitrogens is 1. The number of benzene rings is 1. The fourth-order valence-corrected chi connectivity index (χ4v) is 4.40. The normalized spacial score (nSPS) is 17.6. The van der Waals surface area contributed by atoms with E-state index in [1.807, 2.05) is 29.2 Å². The Labute approximate surface area is 193 Å². The van der Waals surface area contributed by atoms with Crippen LogP contribution in [0.4, 0.5) is 17.1 Å². The summed E-state index contributed by atoms with van der Waals surface area (Å²) in [7, 11) is 2.12. The maximum atomic E-state index is 13.0. The first-order valence-corrected chi connectivity index (χ1v) is 11.5. The maximum absolute atomic E-state index is 13.0. The predicted molar refractivity (Wildman–Crippen MR) is 130 cm³/mol. The number of hydrogen-bond acceptors (Lipinski definition) is 6. The second kappa shape index (κ2) is 10.1. The third-order valence-electron chi connectivity index (χ3n) is 6.48. The minimum Gasteiger partial charge on any atom is -0.381 e. The number of aromatic amines is 1. The van der Waals surface area contributed by atoms with E-state index >= 15 is 0 Å². The van der Waals surface area contributed by atoms with Gasteiger partial charge >= 0.3 is 0 Å². The van der Waals surface area contributed by atoms with Gasteiger partial charge in [-0.15, -0.1) is 0 Å². The summed E-state index contributed by atoms with van der Waals surface area (Å²) in [6.07, 6.45) is 3.07. The molecule has 9 heteroatoms. The van der Waals surface area contributed by atoms with Crippen LogP contribution in [-0.2, 0) is 4.79 Å². The Kier molecular flexibility index (Phi) is 6.98. The first-order valence-electron chi connectivity index (χ1n) is 11.5. The van der Waals surface area contributed by atoms with Crippen molar-refractivity contribution in [3.63, 3.8) is 0 Å². The molecule has 1 aromatic heterocycles. The number of rotatable bonds is 5. The fourth-order valence-electron chi connectivity index (χ4n) is 4.40. The van der Waals surface area contributed by atoms with Crippen molar-refractivity contribution in [1.29, 1.82) is 0 Å². The number of piperazine rings is 1. The summed E-state index contributed by atoms with van der Waals surface area (Å²) in [4.78, 5) is 46.1. The molecule has 2 aliphatic heterocycles. The molecule has 2 aliphatic rings. The van der Waals surface area contributed by atoms with Crippen molar-refractivity contribution >= 4 is 28.9 Å². The number of carbonyl (C=O) groups excluding carboxylic acids is 2. The van der Waals surface area contributed by atoms with Crippen LogP contribution < -0.4 is 21.1 Å². The Bertz CT molecular complexity index is 1030. The Morgan fingerprint density at radius 2 is 1.64 bits per heavy atom. The molecule has 33 heavy (non-hydrogen) atoms. The largest absolute Gasteiger partial charge is 0.381 e. The number of piperidine rings is 1. The second-order valence-corrected chi connectivity index (χ2v) is 8.81. The van der Waals surface area contributed by atoms with Crippen LogP contribution in [0.25, 0.3) is 0 Å². The van der Waals surface area contributed by atoms with E-state index in [2.05, 4.69) is 32.5 Å². The number of likely N-dealkylation sites (N-methyl/N-ethyl adjacent to an activating group) is 1. The molecule has 0 spiro atoms. The summed E-state index contributed by atoms with van der Waals surface area (Å²) in [5.41, 5.74) is 1.90. The third kappa shape index (κ3) is 5.54. The number of pyridine rings is 1. The van der Waals surface area contributed by atoms with Crippen molar-refractivity contribution in [1.82, 2.24) is 14.8 Å². The van der Waals surface area contributed by atoms with E-state index in [0.29, 0.717) is 24.5 Å². The van der Waals surface area contributed by atoms with Crippen molar-refractivity contribution < 1.29 is 9.59 Å². The number of likely N-dealkylation sites (tertiary alicyclic amines) is 1. The van der Waals surface area contributed by atoms with Crippen LogP contribution >= 0.6 is 0 Å². The minimum atomic E-state index is -0.451. The molecule has 2 amide bonds. The van der Waals surface area contributed by atoms with Gasteiger partial charge in [0.05, 0.1) is 5.69 Å². The highest BCUT2D eigenvalue weighted by Crippen LogP contribution is 2.22. The van der Waals surface area contributed by atoms with E-state index in [-0.39, 0.29) is 17.5 Å². The van der Waals surface area contributed by atoms with E-state index in [4.69, 9.17) is 0 Å². The zero-order chi connectivity index (χ0) is 23.4. The lowest BCUT2D eigenvalue weighted by molar-refractivity contribution is -0.129. The quantitative estimate of drug-likeness (QED) is 0.640. The van der Waals surface area contributed by atoms with Crippen molar-refractivity contribution in [3.05, 3.63) is 52.4 Å². The number of nitrogens with one attached hydrogen (secondary N) is 3. The zero-order valence-corrected chi connectivity index (χ0v) is 19.3. The third-order valence-corrected chi connectivity index (χ3v) is 6.48. The van der Waals surface area contributed by atoms with Gasteiger partial charge in [-0.1, -0.05) is 0 Å². The molecule has 0 unspecified atom stereocenters. The Hall–Kier alpha value is -3.33. The maximum Gasteiger partial charge on any atom is 0.263 e. The molecule has 3 N–H and O–H groups in total. The smallest absolute Gasteiger partial charge is 0.263 e. The first kappa shape index (κ1) is 22.8. The number of carbonyl (C=O) groups is 2. The van der Waals surface area contributed by atoms with Gasteiger partial charge < -0.3 is 30.3 Å². The van der Waals surface area contributed by atoms with Crippen molar-refractivity contribution in [2.75, 3.05) is 61.8 Å². The van der Waals surface area contributed by atoms with Gasteiger partial charge in [-0.25, -0.2) is 0 Å². The molecule has 3 heterocycles. The molecule has 0 aliphatic carbocycles. The monoisotopic (exact) mass is 452 g/mol. The molecule has 0 bridgehead atoms. The predicted octanol–water partition coefficient (Wildman–Crippen LogP) is 1.80. The Balaban J connectivity index is 1.42. The van der Waals surface area contributed by atoms with E-state index in [1.54, 1.807) is 13.0 Å². The zero-order valence-electron chi connectivity index (χ0n) is 19.3. The van der Waals surface area contributed by atoms with Gasteiger partial charge in [0.1, 0.15) is 5.56 Å². The number of anilines is 3. The van der Waals surface area contributed by atoms with Gasteiger partial charge in [0, 0.05) is 69.8 Å². The summed E-state index contributed by atoms with van der Waals surface area (Å²) >= 11 is 0. The van der Waals surface area contributed by atoms with E-state index in [0.717, 1.165) is 44.7 Å². The highest BCUT2D eigenvalue weighted by Gasteiger charge is 2.23. The van der Waals surface area contributed by atoms with Gasteiger partial charge in [0.2, 0.25) is 5.91 Å². The Morgan fingerprint density at radius 1 is 0.970 bits per heavy atom. The summed E-state index contributed by atoms with van der Waals surface area (Å²) in [5, 5.41) is 6.20. The van der Waals surface area contributed by atoms with E-state index < -0.39 is 11.5 Å². The van der Waals surface area contributed by atoms with Gasteiger partial charge in [-0.05, 0) is 50.2 Å². The number of aromatic nitrogens is 1. The second-order valence-electron chi connectivity index (χ2n) is 8.81. The van der Waals surface area contributed by atoms with E-state index in [1.165, 1.54) is 6.20 Å². The summed E-state index contributed by atoms with van der Waals surface area (Å²) in [6, 6.07) is 9.54. The van der Waals surface area contributed by atoms with Gasteiger partial charge in [0.15, 0.2) is 0 Å². The number of hydrogen-bond donors (Lipinski definition) is 3. The van der Waals surface area contributed by atoms with Crippen LogP contribution in [0.5, 0.6) is 0 Å². The summed E-state index contributed by atoms with van der Waals surface area (Å²) < 4.78 is 0. The van der Waals surface area contributed by atoms with Crippen molar-refractivity contribution in [2.24, 2.45) is 0 Å². The van der Waals surface area contributed by atoms with Crippen LogP contribution in [0.3, 0.4) is 0 Å². The first-order chi connectivity index (χ1) is 15.9. The summed E-state index contributed by atoms with van der Waals surface area (Å²) in [5.74, 6) is -0.379. The van der Waals surface area contributed by atoms with Crippen molar-refractivity contribution in [2.45, 2.75) is 25.8 Å².